The molecule has 1 rings (SSSR count). The number of nitrogens with one attached hydrogen (secondary N) is 1. The lowest BCUT2D eigenvalue weighted by Crippen LogP contribution is -2.43. The van der Waals surface area contributed by atoms with Gasteiger partial charge < -0.3 is 26.6 Å². The molecule has 0 fully saturated rings. The standard InChI is InChI=1S/C12H15N3O5/c1-20-9-4-6(13)2-3-7(9)11(17)15-8(12(18)19)5-10(14)16/h2-4,8H,5,13H2,1H3,(H2,14,16)(H,15,17)(H,18,19)/t8-/m1/s1. The van der Waals surface area contributed by atoms with E-state index in [4.69, 9.17) is 21.3 Å². The lowest BCUT2D eigenvalue weighted by molar-refractivity contribution is -0.140. The van der Waals surface area contributed by atoms with Gasteiger partial charge in [0, 0.05) is 11.8 Å². The summed E-state index contributed by atoms with van der Waals surface area (Å²) in [6.07, 6.45) is -0.502. The average molecular weight is 281 g/mol. The van der Waals surface area contributed by atoms with Crippen LogP contribution in [0.5, 0.6) is 5.75 Å². The Balaban J connectivity index is 2.94. The molecule has 2 amide bonds. The van der Waals surface area contributed by atoms with Gasteiger partial charge in [-0.05, 0) is 12.1 Å². The number of hydrogen-bond donors (Lipinski definition) is 4. The molecule has 0 radical (unpaired) electrons. The molecule has 0 bridgehead atoms. The Hall–Kier alpha value is -2.77. The second-order valence-corrected chi connectivity index (χ2v) is 3.99. The number of benzene rings is 1. The molecule has 8 heteroatoms. The van der Waals surface area contributed by atoms with Crippen molar-refractivity contribution in [1.29, 1.82) is 0 Å². The Morgan fingerprint density at radius 2 is 2.05 bits per heavy atom. The van der Waals surface area contributed by atoms with Crippen molar-refractivity contribution >= 4 is 23.5 Å². The summed E-state index contributed by atoms with van der Waals surface area (Å²) in [6.45, 7) is 0. The Morgan fingerprint density at radius 1 is 1.40 bits per heavy atom. The van der Waals surface area contributed by atoms with E-state index in [1.54, 1.807) is 0 Å². The van der Waals surface area contributed by atoms with Crippen LogP contribution in [0.4, 0.5) is 5.69 Å². The van der Waals surface area contributed by atoms with Gasteiger partial charge in [-0.2, -0.15) is 0 Å². The van der Waals surface area contributed by atoms with E-state index in [2.05, 4.69) is 5.32 Å². The van der Waals surface area contributed by atoms with Crippen molar-refractivity contribution in [2.45, 2.75) is 12.5 Å². The smallest absolute Gasteiger partial charge is 0.326 e. The highest BCUT2D eigenvalue weighted by Gasteiger charge is 2.24. The maximum absolute atomic E-state index is 12.0. The molecule has 0 unspecified atom stereocenters. The van der Waals surface area contributed by atoms with Crippen LogP contribution in [-0.4, -0.2) is 36.0 Å². The number of amides is 2. The summed E-state index contributed by atoms with van der Waals surface area (Å²) in [5.74, 6) is -2.69. The van der Waals surface area contributed by atoms with Crippen LogP contribution in [0.15, 0.2) is 18.2 Å². The van der Waals surface area contributed by atoms with Crippen LogP contribution in [0, 0.1) is 0 Å². The van der Waals surface area contributed by atoms with Gasteiger partial charge in [0.2, 0.25) is 5.91 Å². The van der Waals surface area contributed by atoms with Gasteiger partial charge >= 0.3 is 5.97 Å². The van der Waals surface area contributed by atoms with Crippen LogP contribution in [-0.2, 0) is 9.59 Å². The van der Waals surface area contributed by atoms with Crippen molar-refractivity contribution < 1.29 is 24.2 Å². The van der Waals surface area contributed by atoms with Crippen LogP contribution in [0.3, 0.4) is 0 Å². The predicted molar refractivity (Wildman–Crippen MR) is 70.1 cm³/mol. The number of nitrogens with two attached hydrogens (primary N) is 2. The molecule has 0 aliphatic carbocycles. The lowest BCUT2D eigenvalue weighted by Gasteiger charge is -2.14. The maximum Gasteiger partial charge on any atom is 0.326 e. The minimum absolute atomic E-state index is 0.109. The second kappa shape index (κ2) is 6.41. The molecule has 0 aliphatic heterocycles. The second-order valence-electron chi connectivity index (χ2n) is 3.99. The quantitative estimate of drug-likeness (QED) is 0.509. The van der Waals surface area contributed by atoms with Crippen LogP contribution in [0.1, 0.15) is 16.8 Å². The van der Waals surface area contributed by atoms with Crippen molar-refractivity contribution in [1.82, 2.24) is 5.32 Å². The zero-order valence-electron chi connectivity index (χ0n) is 10.8. The molecule has 108 valence electrons. The molecule has 1 atom stereocenters. The van der Waals surface area contributed by atoms with E-state index in [1.165, 1.54) is 25.3 Å². The Kier molecular flexibility index (Phi) is 4.90. The average Bonchev–Trinajstić information content (AvgIpc) is 2.36. The number of carboxylic acid groups (broad SMARTS) is 1. The molecular weight excluding hydrogens is 266 g/mol. The van der Waals surface area contributed by atoms with Crippen molar-refractivity contribution in [2.75, 3.05) is 12.8 Å². The van der Waals surface area contributed by atoms with Crippen molar-refractivity contribution in [3.8, 4) is 5.75 Å². The first-order chi connectivity index (χ1) is 9.35. The minimum atomic E-state index is -1.40. The molecule has 0 aromatic heterocycles. The Labute approximate surface area is 114 Å². The van der Waals surface area contributed by atoms with Crippen LogP contribution in [0.25, 0.3) is 0 Å². The number of carbonyl (C=O) groups is 3. The summed E-state index contributed by atoms with van der Waals surface area (Å²) in [5.41, 5.74) is 11.0. The van der Waals surface area contributed by atoms with Crippen molar-refractivity contribution in [2.24, 2.45) is 5.73 Å². The molecule has 6 N–H and O–H groups in total. The summed E-state index contributed by atoms with van der Waals surface area (Å²) >= 11 is 0. The first-order valence-corrected chi connectivity index (χ1v) is 5.60. The highest BCUT2D eigenvalue weighted by molar-refractivity contribution is 6.00. The number of ether oxygens (including phenoxy) is 1. The topological polar surface area (TPSA) is 145 Å². The zero-order valence-corrected chi connectivity index (χ0v) is 10.8. The van der Waals surface area contributed by atoms with Gasteiger partial charge in [0.05, 0.1) is 19.1 Å². The van der Waals surface area contributed by atoms with Crippen LogP contribution < -0.4 is 21.5 Å². The number of rotatable bonds is 6. The normalized spacial score (nSPS) is 11.4. The number of nitrogen functional groups attached to an aromatic ring is 1. The van der Waals surface area contributed by atoms with E-state index in [0.717, 1.165) is 0 Å². The molecule has 8 nitrogen and oxygen atoms in total. The van der Waals surface area contributed by atoms with Gasteiger partial charge in [-0.15, -0.1) is 0 Å². The van der Waals surface area contributed by atoms with Crippen molar-refractivity contribution in [3.63, 3.8) is 0 Å². The maximum atomic E-state index is 12.0. The fourth-order valence-electron chi connectivity index (χ4n) is 1.53. The van der Waals surface area contributed by atoms with Gasteiger partial charge in [-0.25, -0.2) is 4.79 Å². The van der Waals surface area contributed by atoms with E-state index < -0.39 is 30.2 Å². The first kappa shape index (κ1) is 15.3. The Morgan fingerprint density at radius 3 is 2.55 bits per heavy atom. The summed E-state index contributed by atoms with van der Waals surface area (Å²) in [4.78, 5) is 33.7. The van der Waals surface area contributed by atoms with Gasteiger partial charge in [0.25, 0.3) is 5.91 Å². The third kappa shape index (κ3) is 3.87. The van der Waals surface area contributed by atoms with E-state index in [1.807, 2.05) is 0 Å². The van der Waals surface area contributed by atoms with Gasteiger partial charge in [0.15, 0.2) is 0 Å². The largest absolute Gasteiger partial charge is 0.496 e. The highest BCUT2D eigenvalue weighted by Crippen LogP contribution is 2.21. The first-order valence-electron chi connectivity index (χ1n) is 5.60. The number of hydrogen-bond acceptors (Lipinski definition) is 5. The van der Waals surface area contributed by atoms with E-state index in [9.17, 15) is 14.4 Å². The van der Waals surface area contributed by atoms with Gasteiger partial charge in [-0.1, -0.05) is 0 Å². The fraction of sp³-hybridized carbons (Fsp3) is 0.250. The molecule has 0 aliphatic rings. The molecule has 1 aromatic rings. The van der Waals surface area contributed by atoms with E-state index >= 15 is 0 Å². The van der Waals surface area contributed by atoms with Gasteiger partial charge in [-0.3, -0.25) is 9.59 Å². The summed E-state index contributed by atoms with van der Waals surface area (Å²) in [6, 6.07) is 2.90. The number of aliphatic carboxylic acids is 1. The summed E-state index contributed by atoms with van der Waals surface area (Å²) in [7, 11) is 1.35. The highest BCUT2D eigenvalue weighted by atomic mass is 16.5. The van der Waals surface area contributed by atoms with Gasteiger partial charge in [0.1, 0.15) is 11.8 Å². The third-order valence-electron chi connectivity index (χ3n) is 2.48. The lowest BCUT2D eigenvalue weighted by atomic mass is 10.1. The van der Waals surface area contributed by atoms with Crippen LogP contribution >= 0.6 is 0 Å². The Bertz CT molecular complexity index is 544. The van der Waals surface area contributed by atoms with Crippen LogP contribution in [0.2, 0.25) is 0 Å². The monoisotopic (exact) mass is 281 g/mol. The number of primary amides is 1. The van der Waals surface area contributed by atoms with E-state index in [0.29, 0.717) is 5.69 Å². The molecule has 0 spiro atoms. The molecular formula is C12H15N3O5. The van der Waals surface area contributed by atoms with Crippen molar-refractivity contribution in [3.05, 3.63) is 23.8 Å². The zero-order chi connectivity index (χ0) is 15.3. The number of methoxy groups -OCH3 is 1. The minimum Gasteiger partial charge on any atom is -0.496 e. The molecule has 0 saturated heterocycles. The molecule has 0 heterocycles. The molecule has 0 saturated carbocycles. The fourth-order valence-corrected chi connectivity index (χ4v) is 1.53. The molecule has 1 aromatic carbocycles. The SMILES string of the molecule is COc1cc(N)ccc1C(=O)N[C@H](CC(N)=O)C(=O)O. The molecule has 20 heavy (non-hydrogen) atoms. The van der Waals surface area contributed by atoms with E-state index in [-0.39, 0.29) is 11.3 Å². The number of carboxylic acids is 1. The predicted octanol–water partition coefficient (Wildman–Crippen LogP) is -0.664. The summed E-state index contributed by atoms with van der Waals surface area (Å²) in [5, 5.41) is 11.1. The summed E-state index contributed by atoms with van der Waals surface area (Å²) < 4.78 is 4.99. The third-order valence-corrected chi connectivity index (χ3v) is 2.48. The number of anilines is 1. The number of carbonyl (C=O) groups excluding carboxylic acids is 2.